The van der Waals surface area contributed by atoms with Crippen molar-refractivity contribution in [2.45, 2.75) is 6.92 Å². The number of para-hydroxylation sites is 1. The second-order valence-corrected chi connectivity index (χ2v) is 5.30. The third kappa shape index (κ3) is 6.62. The molecule has 0 heterocycles. The van der Waals surface area contributed by atoms with E-state index < -0.39 is 0 Å². The molecule has 0 aromatic heterocycles. The maximum atomic E-state index is 5.88. The maximum Gasteiger partial charge on any atom is 0.189 e. The molecule has 0 aliphatic rings. The first kappa shape index (κ1) is 20.0. The van der Waals surface area contributed by atoms with Crippen molar-refractivity contribution in [3.8, 4) is 16.9 Å². The van der Waals surface area contributed by atoms with Crippen molar-refractivity contribution in [3.63, 3.8) is 0 Å². The SMILES string of the molecule is C=C(C)CN=C(N)NCCOc1ccccc1-c1ccccc1.I. The first-order chi connectivity index (χ1) is 11.2. The summed E-state index contributed by atoms with van der Waals surface area (Å²) in [5, 5.41) is 3.03. The van der Waals surface area contributed by atoms with Crippen LogP contribution >= 0.6 is 24.0 Å². The Kier molecular flexibility index (Phi) is 8.93. The molecule has 0 bridgehead atoms. The summed E-state index contributed by atoms with van der Waals surface area (Å²) in [6.45, 7) is 7.34. The number of guanidine groups is 1. The smallest absolute Gasteiger partial charge is 0.189 e. The minimum Gasteiger partial charge on any atom is -0.491 e. The molecule has 128 valence electrons. The molecular weight excluding hydrogens is 413 g/mol. The molecule has 3 N–H and O–H groups in total. The zero-order chi connectivity index (χ0) is 16.5. The Hall–Kier alpha value is -2.02. The number of rotatable bonds is 7. The van der Waals surface area contributed by atoms with Crippen LogP contribution in [0.1, 0.15) is 6.92 Å². The van der Waals surface area contributed by atoms with Gasteiger partial charge in [0.25, 0.3) is 0 Å². The molecular formula is C19H24IN3O. The van der Waals surface area contributed by atoms with Crippen LogP contribution < -0.4 is 15.8 Å². The van der Waals surface area contributed by atoms with E-state index in [1.54, 1.807) is 0 Å². The number of nitrogens with two attached hydrogens (primary N) is 1. The van der Waals surface area contributed by atoms with Gasteiger partial charge in [0.15, 0.2) is 5.96 Å². The lowest BCUT2D eigenvalue weighted by atomic mass is 10.1. The highest BCUT2D eigenvalue weighted by atomic mass is 127. The summed E-state index contributed by atoms with van der Waals surface area (Å²) in [5.41, 5.74) is 8.96. The number of nitrogens with one attached hydrogen (secondary N) is 1. The van der Waals surface area contributed by atoms with Gasteiger partial charge in [0.2, 0.25) is 0 Å². The number of benzene rings is 2. The second-order valence-electron chi connectivity index (χ2n) is 5.30. The fourth-order valence-corrected chi connectivity index (χ4v) is 2.06. The van der Waals surface area contributed by atoms with E-state index in [4.69, 9.17) is 10.5 Å². The first-order valence-corrected chi connectivity index (χ1v) is 7.62. The van der Waals surface area contributed by atoms with Crippen molar-refractivity contribution in [1.29, 1.82) is 0 Å². The number of ether oxygens (including phenoxy) is 1. The van der Waals surface area contributed by atoms with Crippen molar-refractivity contribution in [2.24, 2.45) is 10.7 Å². The zero-order valence-electron chi connectivity index (χ0n) is 13.9. The van der Waals surface area contributed by atoms with Crippen LogP contribution in [0.2, 0.25) is 0 Å². The molecule has 4 nitrogen and oxygen atoms in total. The highest BCUT2D eigenvalue weighted by Gasteiger charge is 2.04. The van der Waals surface area contributed by atoms with E-state index in [1.807, 2.05) is 43.3 Å². The van der Waals surface area contributed by atoms with E-state index in [1.165, 1.54) is 0 Å². The van der Waals surface area contributed by atoms with E-state index in [0.717, 1.165) is 22.4 Å². The predicted molar refractivity (Wildman–Crippen MR) is 112 cm³/mol. The van der Waals surface area contributed by atoms with Gasteiger partial charge in [0.05, 0.1) is 13.1 Å². The molecule has 0 unspecified atom stereocenters. The molecule has 24 heavy (non-hydrogen) atoms. The van der Waals surface area contributed by atoms with Gasteiger partial charge in [-0.05, 0) is 18.6 Å². The van der Waals surface area contributed by atoms with Gasteiger partial charge in [-0.2, -0.15) is 0 Å². The van der Waals surface area contributed by atoms with Crippen molar-refractivity contribution >= 4 is 29.9 Å². The minimum absolute atomic E-state index is 0. The molecule has 0 spiro atoms. The zero-order valence-corrected chi connectivity index (χ0v) is 16.2. The second kappa shape index (κ2) is 10.7. The lowest BCUT2D eigenvalue weighted by Crippen LogP contribution is -2.34. The average Bonchev–Trinajstić information content (AvgIpc) is 2.58. The first-order valence-electron chi connectivity index (χ1n) is 7.62. The van der Waals surface area contributed by atoms with Crippen LogP contribution in [-0.2, 0) is 0 Å². The highest BCUT2D eigenvalue weighted by Crippen LogP contribution is 2.29. The van der Waals surface area contributed by atoms with E-state index in [9.17, 15) is 0 Å². The third-order valence-electron chi connectivity index (χ3n) is 3.16. The highest BCUT2D eigenvalue weighted by molar-refractivity contribution is 14.0. The molecule has 2 aromatic rings. The van der Waals surface area contributed by atoms with E-state index in [-0.39, 0.29) is 24.0 Å². The molecule has 0 amide bonds. The Balaban J connectivity index is 0.00000288. The molecule has 0 radical (unpaired) electrons. The van der Waals surface area contributed by atoms with Gasteiger partial charge < -0.3 is 15.8 Å². The molecule has 2 rings (SSSR count). The summed E-state index contributed by atoms with van der Waals surface area (Å²) in [6, 6.07) is 18.2. The van der Waals surface area contributed by atoms with Crippen molar-refractivity contribution in [2.75, 3.05) is 19.7 Å². The van der Waals surface area contributed by atoms with Crippen molar-refractivity contribution in [1.82, 2.24) is 5.32 Å². The Morgan fingerprint density at radius 1 is 1.12 bits per heavy atom. The largest absolute Gasteiger partial charge is 0.491 e. The fourth-order valence-electron chi connectivity index (χ4n) is 2.06. The van der Waals surface area contributed by atoms with E-state index in [2.05, 4.69) is 35.1 Å². The molecule has 0 saturated heterocycles. The van der Waals surface area contributed by atoms with Crippen LogP contribution in [0.5, 0.6) is 5.75 Å². The van der Waals surface area contributed by atoms with Crippen molar-refractivity contribution < 1.29 is 4.74 Å². The summed E-state index contributed by atoms with van der Waals surface area (Å²) < 4.78 is 5.88. The van der Waals surface area contributed by atoms with E-state index >= 15 is 0 Å². The number of halogens is 1. The monoisotopic (exact) mass is 437 g/mol. The Bertz CT molecular complexity index is 671. The molecule has 0 aliphatic carbocycles. The van der Waals surface area contributed by atoms with Crippen molar-refractivity contribution in [3.05, 3.63) is 66.7 Å². The van der Waals surface area contributed by atoms with Crippen LogP contribution in [0.4, 0.5) is 0 Å². The van der Waals surface area contributed by atoms with Gasteiger partial charge in [-0.25, -0.2) is 4.99 Å². The molecule has 0 saturated carbocycles. The average molecular weight is 437 g/mol. The van der Waals surface area contributed by atoms with Gasteiger partial charge in [-0.1, -0.05) is 60.7 Å². The van der Waals surface area contributed by atoms with Crippen LogP contribution in [0.3, 0.4) is 0 Å². The Labute approximate surface area is 160 Å². The molecule has 5 heteroatoms. The summed E-state index contributed by atoms with van der Waals surface area (Å²) in [4.78, 5) is 4.16. The van der Waals surface area contributed by atoms with Crippen LogP contribution in [0.15, 0.2) is 71.7 Å². The van der Waals surface area contributed by atoms with Gasteiger partial charge in [-0.3, -0.25) is 0 Å². The van der Waals surface area contributed by atoms with Crippen LogP contribution in [-0.4, -0.2) is 25.7 Å². The standard InChI is InChI=1S/C19H23N3O.HI/c1-15(2)14-22-19(20)21-12-13-23-18-11-7-6-10-17(18)16-8-4-3-5-9-16;/h3-11H,1,12-14H2,2H3,(H3,20,21,22);1H. The number of nitrogens with zero attached hydrogens (tertiary/aromatic N) is 1. The quantitative estimate of drug-likeness (QED) is 0.228. The maximum absolute atomic E-state index is 5.88. The molecule has 0 atom stereocenters. The topological polar surface area (TPSA) is 59.6 Å². The number of hydrogen-bond donors (Lipinski definition) is 2. The molecule has 0 aliphatic heterocycles. The summed E-state index contributed by atoms with van der Waals surface area (Å²) in [7, 11) is 0. The molecule has 0 fully saturated rings. The lowest BCUT2D eigenvalue weighted by Gasteiger charge is -2.12. The van der Waals surface area contributed by atoms with Crippen LogP contribution in [0, 0.1) is 0 Å². The molecule has 2 aromatic carbocycles. The van der Waals surface area contributed by atoms with Gasteiger partial charge >= 0.3 is 0 Å². The predicted octanol–water partition coefficient (Wildman–Crippen LogP) is 3.83. The Morgan fingerprint density at radius 2 is 1.79 bits per heavy atom. The van der Waals surface area contributed by atoms with E-state index in [0.29, 0.717) is 25.7 Å². The van der Waals surface area contributed by atoms with Crippen LogP contribution in [0.25, 0.3) is 11.1 Å². The lowest BCUT2D eigenvalue weighted by molar-refractivity contribution is 0.323. The van der Waals surface area contributed by atoms with Gasteiger partial charge in [-0.15, -0.1) is 24.0 Å². The summed E-state index contributed by atoms with van der Waals surface area (Å²) in [6.07, 6.45) is 0. The number of aliphatic imine (C=N–C) groups is 1. The summed E-state index contributed by atoms with van der Waals surface area (Å²) >= 11 is 0. The normalized spacial score (nSPS) is 10.6. The minimum atomic E-state index is 0. The van der Waals surface area contributed by atoms with Gasteiger partial charge in [0, 0.05) is 5.56 Å². The number of hydrogen-bond acceptors (Lipinski definition) is 2. The Morgan fingerprint density at radius 3 is 2.50 bits per heavy atom. The summed E-state index contributed by atoms with van der Waals surface area (Å²) in [5.74, 6) is 1.27. The fraction of sp³-hybridized carbons (Fsp3) is 0.211. The van der Waals surface area contributed by atoms with Gasteiger partial charge in [0.1, 0.15) is 12.4 Å². The third-order valence-corrected chi connectivity index (χ3v) is 3.16.